The second-order valence-corrected chi connectivity index (χ2v) is 6.94. The standard InChI is InChI=1S/C20H18N4O2/c1-10-17(11(2)26-24-10)13-8-15(19-16(9-13)22-20(25)23-19)14-4-3-7-21-18(14)12-5-6-12/h3-4,7-9,12H,5-6H2,1-2H3,(H2,22,23,25). The quantitative estimate of drug-likeness (QED) is 0.585. The Morgan fingerprint density at radius 2 is 2.00 bits per heavy atom. The third kappa shape index (κ3) is 2.29. The van der Waals surface area contributed by atoms with Crippen molar-refractivity contribution in [3.63, 3.8) is 0 Å². The number of fused-ring (bicyclic) bond motifs is 1. The summed E-state index contributed by atoms with van der Waals surface area (Å²) in [6.45, 7) is 3.83. The Bertz CT molecular complexity index is 1170. The number of H-pyrrole nitrogens is 2. The lowest BCUT2D eigenvalue weighted by Crippen LogP contribution is -1.99. The molecule has 0 saturated heterocycles. The predicted octanol–water partition coefficient (Wildman–Crippen LogP) is 4.07. The Morgan fingerprint density at radius 1 is 1.15 bits per heavy atom. The monoisotopic (exact) mass is 346 g/mol. The number of hydrogen-bond donors (Lipinski definition) is 2. The van der Waals surface area contributed by atoms with Crippen molar-refractivity contribution in [2.45, 2.75) is 32.6 Å². The van der Waals surface area contributed by atoms with E-state index in [4.69, 9.17) is 4.52 Å². The van der Waals surface area contributed by atoms with Crippen LogP contribution < -0.4 is 5.69 Å². The van der Waals surface area contributed by atoms with Gasteiger partial charge in [-0.1, -0.05) is 11.2 Å². The van der Waals surface area contributed by atoms with E-state index in [0.717, 1.165) is 50.4 Å². The number of nitrogens with zero attached hydrogens (tertiary/aromatic N) is 2. The van der Waals surface area contributed by atoms with Gasteiger partial charge in [0.15, 0.2) is 0 Å². The van der Waals surface area contributed by atoms with Crippen LogP contribution in [0.2, 0.25) is 0 Å². The molecule has 2 N–H and O–H groups in total. The second kappa shape index (κ2) is 5.42. The molecule has 5 rings (SSSR count). The van der Waals surface area contributed by atoms with Crippen molar-refractivity contribution in [1.82, 2.24) is 20.1 Å². The highest BCUT2D eigenvalue weighted by Crippen LogP contribution is 2.44. The van der Waals surface area contributed by atoms with E-state index < -0.39 is 0 Å². The number of benzene rings is 1. The Morgan fingerprint density at radius 3 is 2.73 bits per heavy atom. The van der Waals surface area contributed by atoms with Gasteiger partial charge in [0.2, 0.25) is 0 Å². The third-order valence-electron chi connectivity index (χ3n) is 5.04. The molecule has 3 aromatic heterocycles. The predicted molar refractivity (Wildman–Crippen MR) is 99.1 cm³/mol. The summed E-state index contributed by atoms with van der Waals surface area (Å²) >= 11 is 0. The summed E-state index contributed by atoms with van der Waals surface area (Å²) in [5, 5.41) is 4.07. The van der Waals surface area contributed by atoms with E-state index in [1.165, 1.54) is 12.8 Å². The van der Waals surface area contributed by atoms with Crippen LogP contribution in [0.4, 0.5) is 0 Å². The Labute approximate surface area is 149 Å². The molecule has 1 aromatic carbocycles. The van der Waals surface area contributed by atoms with Gasteiger partial charge in [0.1, 0.15) is 5.76 Å². The molecule has 4 aromatic rings. The van der Waals surface area contributed by atoms with Crippen molar-refractivity contribution in [2.24, 2.45) is 0 Å². The van der Waals surface area contributed by atoms with Crippen molar-refractivity contribution in [2.75, 3.05) is 0 Å². The Hall–Kier alpha value is -3.15. The first-order chi connectivity index (χ1) is 12.6. The zero-order valence-electron chi connectivity index (χ0n) is 14.6. The van der Waals surface area contributed by atoms with E-state index in [1.54, 1.807) is 0 Å². The number of hydrogen-bond acceptors (Lipinski definition) is 4. The van der Waals surface area contributed by atoms with Crippen LogP contribution in [0, 0.1) is 13.8 Å². The molecule has 0 amide bonds. The lowest BCUT2D eigenvalue weighted by atomic mass is 9.95. The van der Waals surface area contributed by atoms with E-state index in [2.05, 4.69) is 32.2 Å². The minimum Gasteiger partial charge on any atom is -0.361 e. The number of nitrogens with one attached hydrogen (secondary N) is 2. The highest BCUT2D eigenvalue weighted by atomic mass is 16.5. The van der Waals surface area contributed by atoms with Gasteiger partial charge in [0.05, 0.1) is 22.4 Å². The minimum absolute atomic E-state index is 0.214. The summed E-state index contributed by atoms with van der Waals surface area (Å²) in [4.78, 5) is 22.4. The van der Waals surface area contributed by atoms with Crippen LogP contribution in [-0.4, -0.2) is 20.1 Å². The van der Waals surface area contributed by atoms with Crippen molar-refractivity contribution < 1.29 is 4.52 Å². The molecule has 1 aliphatic carbocycles. The van der Waals surface area contributed by atoms with E-state index >= 15 is 0 Å². The van der Waals surface area contributed by atoms with Crippen LogP contribution in [0.1, 0.15) is 35.9 Å². The van der Waals surface area contributed by atoms with Crippen LogP contribution in [0.5, 0.6) is 0 Å². The summed E-state index contributed by atoms with van der Waals surface area (Å²) < 4.78 is 5.34. The van der Waals surface area contributed by atoms with E-state index in [0.29, 0.717) is 5.92 Å². The highest BCUT2D eigenvalue weighted by molar-refractivity contribution is 5.96. The molecule has 0 bridgehead atoms. The third-order valence-corrected chi connectivity index (χ3v) is 5.04. The molecule has 26 heavy (non-hydrogen) atoms. The molecule has 1 fully saturated rings. The van der Waals surface area contributed by atoms with Gasteiger partial charge in [-0.05, 0) is 50.5 Å². The zero-order chi connectivity index (χ0) is 17.8. The van der Waals surface area contributed by atoms with Gasteiger partial charge >= 0.3 is 5.69 Å². The van der Waals surface area contributed by atoms with Gasteiger partial charge in [-0.3, -0.25) is 4.98 Å². The zero-order valence-corrected chi connectivity index (χ0v) is 14.6. The fraction of sp³-hybridized carbons (Fsp3) is 0.250. The molecule has 6 nitrogen and oxygen atoms in total. The first-order valence-electron chi connectivity index (χ1n) is 8.76. The Kier molecular flexibility index (Phi) is 3.16. The van der Waals surface area contributed by atoms with Gasteiger partial charge < -0.3 is 14.5 Å². The molecule has 3 heterocycles. The molecule has 0 unspecified atom stereocenters. The van der Waals surface area contributed by atoms with Gasteiger partial charge in [0, 0.05) is 28.8 Å². The summed E-state index contributed by atoms with van der Waals surface area (Å²) in [5.41, 5.74) is 7.29. The maximum atomic E-state index is 12.0. The number of pyridine rings is 1. The van der Waals surface area contributed by atoms with Crippen molar-refractivity contribution >= 4 is 11.0 Å². The minimum atomic E-state index is -0.214. The van der Waals surface area contributed by atoms with Gasteiger partial charge in [-0.25, -0.2) is 4.79 Å². The average molecular weight is 346 g/mol. The topological polar surface area (TPSA) is 87.6 Å². The Balaban J connectivity index is 1.83. The molecule has 0 atom stereocenters. The molecule has 130 valence electrons. The van der Waals surface area contributed by atoms with Crippen molar-refractivity contribution in [3.05, 3.63) is 58.1 Å². The molecule has 0 radical (unpaired) electrons. The van der Waals surface area contributed by atoms with Crippen molar-refractivity contribution in [3.8, 4) is 22.3 Å². The van der Waals surface area contributed by atoms with Crippen LogP contribution in [0.3, 0.4) is 0 Å². The van der Waals surface area contributed by atoms with Crippen LogP contribution in [0.15, 0.2) is 39.8 Å². The van der Waals surface area contributed by atoms with Gasteiger partial charge in [-0.2, -0.15) is 0 Å². The van der Waals surface area contributed by atoms with Crippen LogP contribution in [-0.2, 0) is 0 Å². The second-order valence-electron chi connectivity index (χ2n) is 6.94. The lowest BCUT2D eigenvalue weighted by Gasteiger charge is -2.11. The first-order valence-corrected chi connectivity index (χ1v) is 8.76. The summed E-state index contributed by atoms with van der Waals surface area (Å²) in [6.07, 6.45) is 4.17. The van der Waals surface area contributed by atoms with Gasteiger partial charge in [0.25, 0.3) is 0 Å². The van der Waals surface area contributed by atoms with Crippen LogP contribution >= 0.6 is 0 Å². The number of imidazole rings is 1. The molecular formula is C20H18N4O2. The molecule has 0 spiro atoms. The van der Waals surface area contributed by atoms with Gasteiger partial charge in [-0.15, -0.1) is 0 Å². The fourth-order valence-electron chi connectivity index (χ4n) is 3.72. The van der Waals surface area contributed by atoms with E-state index in [9.17, 15) is 4.79 Å². The number of rotatable bonds is 3. The molecule has 1 saturated carbocycles. The van der Waals surface area contributed by atoms with E-state index in [-0.39, 0.29) is 5.69 Å². The lowest BCUT2D eigenvalue weighted by molar-refractivity contribution is 0.393. The highest BCUT2D eigenvalue weighted by Gasteiger charge is 2.28. The fourth-order valence-corrected chi connectivity index (χ4v) is 3.72. The maximum absolute atomic E-state index is 12.0. The average Bonchev–Trinajstić information content (AvgIpc) is 3.33. The maximum Gasteiger partial charge on any atom is 0.323 e. The summed E-state index contributed by atoms with van der Waals surface area (Å²) in [5.74, 6) is 1.27. The van der Waals surface area contributed by atoms with Crippen molar-refractivity contribution in [1.29, 1.82) is 0 Å². The number of aryl methyl sites for hydroxylation is 2. The summed E-state index contributed by atoms with van der Waals surface area (Å²) in [7, 11) is 0. The van der Waals surface area contributed by atoms with E-state index in [1.807, 2.05) is 32.2 Å². The molecule has 0 aliphatic heterocycles. The first kappa shape index (κ1) is 15.1. The summed E-state index contributed by atoms with van der Waals surface area (Å²) in [6, 6.07) is 8.09. The number of aromatic nitrogens is 4. The molecular weight excluding hydrogens is 328 g/mol. The largest absolute Gasteiger partial charge is 0.361 e. The normalized spacial score (nSPS) is 14.2. The smallest absolute Gasteiger partial charge is 0.323 e. The molecule has 1 aliphatic rings. The SMILES string of the molecule is Cc1noc(C)c1-c1cc(-c2cccnc2C2CC2)c2[nH]c(=O)[nH]c2c1. The number of aromatic amines is 2. The molecule has 6 heteroatoms. The van der Waals surface area contributed by atoms with Crippen LogP contribution in [0.25, 0.3) is 33.3 Å².